The van der Waals surface area contributed by atoms with Crippen LogP contribution < -0.4 is 10.2 Å². The Morgan fingerprint density at radius 2 is 0.924 bits per heavy atom. The Balaban J connectivity index is 4.14. The molecule has 388 valence electrons. The van der Waals surface area contributed by atoms with Crippen LogP contribution in [0.3, 0.4) is 0 Å². The molecule has 0 saturated heterocycles. The smallest absolute Gasteiger partial charge is 0.268 e. The molecular formula is C57H109N2O6P. The van der Waals surface area contributed by atoms with E-state index in [1.807, 2.05) is 21.1 Å². The van der Waals surface area contributed by atoms with Crippen LogP contribution in [0.2, 0.25) is 0 Å². The van der Waals surface area contributed by atoms with Crippen LogP contribution in [0.4, 0.5) is 0 Å². The number of allylic oxidation sites excluding steroid dienone is 8. The highest BCUT2D eigenvalue weighted by atomic mass is 31.2. The summed E-state index contributed by atoms with van der Waals surface area (Å²) in [5.74, 6) is -0.164. The van der Waals surface area contributed by atoms with Crippen LogP contribution in [0.1, 0.15) is 258 Å². The maximum atomic E-state index is 13.0. The van der Waals surface area contributed by atoms with Crippen LogP contribution in [0.15, 0.2) is 48.6 Å². The first-order chi connectivity index (χ1) is 32.0. The van der Waals surface area contributed by atoms with Crippen LogP contribution in [0, 0.1) is 0 Å². The van der Waals surface area contributed by atoms with E-state index in [0.29, 0.717) is 23.9 Å². The van der Waals surface area contributed by atoms with Crippen LogP contribution in [-0.4, -0.2) is 68.5 Å². The van der Waals surface area contributed by atoms with Crippen molar-refractivity contribution in [3.05, 3.63) is 48.6 Å². The van der Waals surface area contributed by atoms with E-state index < -0.39 is 20.0 Å². The zero-order valence-corrected chi connectivity index (χ0v) is 45.0. The number of unbranched alkanes of at least 4 members (excludes halogenated alkanes) is 30. The van der Waals surface area contributed by atoms with Crippen LogP contribution in [0.25, 0.3) is 0 Å². The molecule has 2 N–H and O–H groups in total. The maximum absolute atomic E-state index is 13.0. The zero-order chi connectivity index (χ0) is 48.5. The number of nitrogens with zero attached hydrogens (tertiary/aromatic N) is 1. The van der Waals surface area contributed by atoms with E-state index in [9.17, 15) is 19.4 Å². The number of aliphatic hydroxyl groups is 1. The molecule has 0 aliphatic carbocycles. The van der Waals surface area contributed by atoms with Gasteiger partial charge in [0.05, 0.1) is 39.9 Å². The summed E-state index contributed by atoms with van der Waals surface area (Å²) in [5.41, 5.74) is 0. The van der Waals surface area contributed by atoms with Crippen LogP contribution in [0.5, 0.6) is 0 Å². The van der Waals surface area contributed by atoms with Crippen LogP contribution in [-0.2, 0) is 18.4 Å². The highest BCUT2D eigenvalue weighted by molar-refractivity contribution is 7.45. The molecule has 0 bridgehead atoms. The Labute approximate surface area is 409 Å². The fraction of sp³-hybridized carbons (Fsp3) is 0.842. The van der Waals surface area contributed by atoms with Crippen molar-refractivity contribution >= 4 is 13.7 Å². The number of likely N-dealkylation sites (N-methyl/N-ethyl adjacent to an activating group) is 1. The van der Waals surface area contributed by atoms with E-state index in [1.165, 1.54) is 167 Å². The number of aliphatic hydroxyl groups excluding tert-OH is 1. The molecule has 0 aromatic carbocycles. The number of hydrogen-bond acceptors (Lipinski definition) is 6. The summed E-state index contributed by atoms with van der Waals surface area (Å²) < 4.78 is 23.4. The molecule has 3 unspecified atom stereocenters. The summed E-state index contributed by atoms with van der Waals surface area (Å²) in [6.45, 7) is 4.63. The molecule has 66 heavy (non-hydrogen) atoms. The van der Waals surface area contributed by atoms with Gasteiger partial charge in [-0.15, -0.1) is 0 Å². The van der Waals surface area contributed by atoms with Gasteiger partial charge in [-0.3, -0.25) is 9.36 Å². The van der Waals surface area contributed by atoms with Crippen molar-refractivity contribution in [1.82, 2.24) is 5.32 Å². The minimum Gasteiger partial charge on any atom is -0.756 e. The van der Waals surface area contributed by atoms with Crippen molar-refractivity contribution in [2.75, 3.05) is 40.9 Å². The van der Waals surface area contributed by atoms with Crippen molar-refractivity contribution in [2.24, 2.45) is 0 Å². The number of phosphoric acid groups is 1. The lowest BCUT2D eigenvalue weighted by Gasteiger charge is -2.30. The van der Waals surface area contributed by atoms with E-state index in [1.54, 1.807) is 0 Å². The van der Waals surface area contributed by atoms with Gasteiger partial charge in [0.25, 0.3) is 7.82 Å². The second-order valence-corrected chi connectivity index (χ2v) is 21.7. The van der Waals surface area contributed by atoms with Gasteiger partial charge in [-0.1, -0.05) is 249 Å². The molecule has 8 nitrogen and oxygen atoms in total. The summed E-state index contributed by atoms with van der Waals surface area (Å²) in [7, 11) is 1.31. The van der Waals surface area contributed by atoms with Gasteiger partial charge >= 0.3 is 0 Å². The van der Waals surface area contributed by atoms with Crippen molar-refractivity contribution in [2.45, 2.75) is 270 Å². The minimum absolute atomic E-state index is 0.0120. The van der Waals surface area contributed by atoms with Gasteiger partial charge in [-0.25, -0.2) is 0 Å². The zero-order valence-electron chi connectivity index (χ0n) is 44.1. The van der Waals surface area contributed by atoms with E-state index in [0.717, 1.165) is 64.2 Å². The standard InChI is InChI=1S/C57H109N2O6P/c1-6-8-10-12-14-16-18-20-22-24-25-26-27-28-29-30-31-32-33-35-37-39-41-43-45-47-49-51-57(61)58-55(54-65-66(62,63)64-53-52-59(3,4)5)56(60)50-48-46-44-42-40-38-36-34-23-21-19-17-15-13-11-9-7-2/h8,10,14,16,20,22,25-26,55-56,60H,6-7,9,11-13,15,17-19,21,23-24,27-54H2,1-5H3,(H-,58,61,62,63)/b10-8-,16-14-,22-20-,26-25-. The predicted molar refractivity (Wildman–Crippen MR) is 284 cm³/mol. The summed E-state index contributed by atoms with van der Waals surface area (Å²) in [4.78, 5) is 25.5. The summed E-state index contributed by atoms with van der Waals surface area (Å²) in [6, 6.07) is -0.801. The largest absolute Gasteiger partial charge is 0.756 e. The molecular weight excluding hydrogens is 840 g/mol. The monoisotopic (exact) mass is 949 g/mol. The van der Waals surface area contributed by atoms with Crippen LogP contribution >= 0.6 is 7.82 Å². The molecule has 0 aliphatic heterocycles. The van der Waals surface area contributed by atoms with E-state index >= 15 is 0 Å². The van der Waals surface area contributed by atoms with Gasteiger partial charge in [0, 0.05) is 6.42 Å². The Kier molecular flexibility index (Phi) is 47.4. The van der Waals surface area contributed by atoms with E-state index in [2.05, 4.69) is 67.8 Å². The SMILES string of the molecule is CC/C=C\C/C=C\C/C=C\C/C=C\CCCCCCCCCCCCCCCCC(=O)NC(COP(=O)([O-])OCC[N+](C)(C)C)C(O)CCCCCCCCCCCCCCCCCCC. The fourth-order valence-electron chi connectivity index (χ4n) is 8.21. The highest BCUT2D eigenvalue weighted by Crippen LogP contribution is 2.38. The molecule has 9 heteroatoms. The van der Waals surface area contributed by atoms with Gasteiger partial charge in [-0.05, 0) is 51.4 Å². The van der Waals surface area contributed by atoms with Gasteiger partial charge < -0.3 is 28.8 Å². The number of carbonyl (C=O) groups excluding carboxylic acids is 1. The summed E-state index contributed by atoms with van der Waals surface area (Å²) in [6.07, 6.45) is 62.7. The first-order valence-electron chi connectivity index (χ1n) is 28.0. The number of rotatable bonds is 51. The van der Waals surface area contributed by atoms with Crippen molar-refractivity contribution < 1.29 is 32.9 Å². The quantitative estimate of drug-likeness (QED) is 0.0272. The minimum atomic E-state index is -4.57. The number of nitrogens with one attached hydrogen (secondary N) is 1. The number of amides is 1. The fourth-order valence-corrected chi connectivity index (χ4v) is 8.93. The third kappa shape index (κ3) is 50.3. The molecule has 0 aromatic rings. The molecule has 0 fully saturated rings. The van der Waals surface area contributed by atoms with E-state index in [-0.39, 0.29) is 19.1 Å². The molecule has 3 atom stereocenters. The number of hydrogen-bond donors (Lipinski definition) is 2. The number of phosphoric ester groups is 1. The second kappa shape index (κ2) is 48.5. The molecule has 0 spiro atoms. The number of carbonyl (C=O) groups is 1. The lowest BCUT2D eigenvalue weighted by molar-refractivity contribution is -0.870. The van der Waals surface area contributed by atoms with Crippen molar-refractivity contribution in [1.29, 1.82) is 0 Å². The third-order valence-corrected chi connectivity index (χ3v) is 13.5. The highest BCUT2D eigenvalue weighted by Gasteiger charge is 2.24. The molecule has 1 amide bonds. The molecule has 0 saturated carbocycles. The Morgan fingerprint density at radius 1 is 0.545 bits per heavy atom. The third-order valence-electron chi connectivity index (χ3n) is 12.6. The Bertz CT molecular complexity index is 1210. The Morgan fingerprint density at radius 3 is 1.35 bits per heavy atom. The first-order valence-corrected chi connectivity index (χ1v) is 29.4. The summed E-state index contributed by atoms with van der Waals surface area (Å²) in [5, 5.41) is 14.0. The predicted octanol–water partition coefficient (Wildman–Crippen LogP) is 16.1. The Hall–Kier alpha value is -1.54. The van der Waals surface area contributed by atoms with Gasteiger partial charge in [-0.2, -0.15) is 0 Å². The van der Waals surface area contributed by atoms with Gasteiger partial charge in [0.1, 0.15) is 13.2 Å². The van der Waals surface area contributed by atoms with Crippen molar-refractivity contribution in [3.63, 3.8) is 0 Å². The maximum Gasteiger partial charge on any atom is 0.268 e. The molecule has 0 heterocycles. The van der Waals surface area contributed by atoms with Gasteiger partial charge in [0.2, 0.25) is 5.91 Å². The summed E-state index contributed by atoms with van der Waals surface area (Å²) >= 11 is 0. The number of quaternary nitrogens is 1. The topological polar surface area (TPSA) is 108 Å². The molecule has 0 radical (unpaired) electrons. The lowest BCUT2D eigenvalue weighted by Crippen LogP contribution is -2.46. The molecule has 0 rings (SSSR count). The average Bonchev–Trinajstić information content (AvgIpc) is 3.28. The molecule has 0 aliphatic rings. The van der Waals surface area contributed by atoms with E-state index in [4.69, 9.17) is 9.05 Å². The average molecular weight is 949 g/mol. The first kappa shape index (κ1) is 64.5. The normalized spacial score (nSPS) is 14.3. The lowest BCUT2D eigenvalue weighted by atomic mass is 10.0. The molecule has 0 aromatic heterocycles. The van der Waals surface area contributed by atoms with Gasteiger partial charge in [0.15, 0.2) is 0 Å². The second-order valence-electron chi connectivity index (χ2n) is 20.3. The van der Waals surface area contributed by atoms with Crippen molar-refractivity contribution in [3.8, 4) is 0 Å².